The van der Waals surface area contributed by atoms with E-state index in [0.29, 0.717) is 12.5 Å². The van der Waals surface area contributed by atoms with Crippen molar-refractivity contribution in [3.63, 3.8) is 0 Å². The van der Waals surface area contributed by atoms with Gasteiger partial charge in [-0.2, -0.15) is 11.8 Å². The van der Waals surface area contributed by atoms with Gasteiger partial charge in [-0.05, 0) is 31.2 Å². The predicted octanol–water partition coefficient (Wildman–Crippen LogP) is 2.15. The van der Waals surface area contributed by atoms with Crippen LogP contribution < -0.4 is 15.4 Å². The first-order chi connectivity index (χ1) is 12.0. The summed E-state index contributed by atoms with van der Waals surface area (Å²) in [7, 11) is 5.15. The van der Waals surface area contributed by atoms with E-state index in [1.54, 1.807) is 37.9 Å². The SMILES string of the molecule is COc1ccc(C)cc1CCNC(=NCC(=O)N(C)C)NCCSC.I. The molecular weight excluding hydrogens is 463 g/mol. The fraction of sp³-hybridized carbons (Fsp3) is 0.556. The quantitative estimate of drug-likeness (QED) is 0.239. The van der Waals surface area contributed by atoms with Gasteiger partial charge in [-0.1, -0.05) is 17.7 Å². The first-order valence-electron chi connectivity index (χ1n) is 8.32. The summed E-state index contributed by atoms with van der Waals surface area (Å²) in [4.78, 5) is 17.6. The standard InChI is InChI=1S/C18H30N4O2S.HI/c1-14-6-7-16(24-4)15(12-14)8-9-19-18(20-10-11-25-5)21-13-17(23)22(2)3;/h6-7,12H,8-11,13H2,1-5H3,(H2,19,20,21);1H. The van der Waals surface area contributed by atoms with Gasteiger partial charge in [0.1, 0.15) is 12.3 Å². The van der Waals surface area contributed by atoms with Crippen molar-refractivity contribution in [2.45, 2.75) is 13.3 Å². The second-order valence-electron chi connectivity index (χ2n) is 5.86. The summed E-state index contributed by atoms with van der Waals surface area (Å²) in [6, 6.07) is 6.17. The molecule has 0 fully saturated rings. The zero-order chi connectivity index (χ0) is 18.7. The molecule has 26 heavy (non-hydrogen) atoms. The Hall–Kier alpha value is -1.16. The van der Waals surface area contributed by atoms with Crippen molar-refractivity contribution in [1.82, 2.24) is 15.5 Å². The van der Waals surface area contributed by atoms with Crippen LogP contribution in [0.4, 0.5) is 0 Å². The van der Waals surface area contributed by atoms with E-state index in [9.17, 15) is 4.79 Å². The van der Waals surface area contributed by atoms with Crippen LogP contribution in [0.25, 0.3) is 0 Å². The number of nitrogens with one attached hydrogen (secondary N) is 2. The van der Waals surface area contributed by atoms with Gasteiger partial charge in [0, 0.05) is 32.9 Å². The van der Waals surface area contributed by atoms with Crippen LogP contribution in [0.15, 0.2) is 23.2 Å². The van der Waals surface area contributed by atoms with Crippen LogP contribution in [-0.4, -0.2) is 69.6 Å². The smallest absolute Gasteiger partial charge is 0.243 e. The number of guanidine groups is 1. The fourth-order valence-corrected chi connectivity index (χ4v) is 2.46. The molecule has 148 valence electrons. The lowest BCUT2D eigenvalue weighted by atomic mass is 10.1. The molecule has 0 aliphatic heterocycles. The number of benzene rings is 1. The van der Waals surface area contributed by atoms with Gasteiger partial charge in [0.15, 0.2) is 5.96 Å². The maximum absolute atomic E-state index is 11.7. The summed E-state index contributed by atoms with van der Waals surface area (Å²) >= 11 is 1.76. The van der Waals surface area contributed by atoms with E-state index in [1.165, 1.54) is 5.56 Å². The monoisotopic (exact) mass is 494 g/mol. The molecule has 0 radical (unpaired) electrons. The number of methoxy groups -OCH3 is 1. The second-order valence-corrected chi connectivity index (χ2v) is 6.85. The van der Waals surface area contributed by atoms with Gasteiger partial charge in [-0.15, -0.1) is 24.0 Å². The Kier molecular flexibility index (Phi) is 13.3. The minimum absolute atomic E-state index is 0. The maximum Gasteiger partial charge on any atom is 0.243 e. The summed E-state index contributed by atoms with van der Waals surface area (Å²) in [5.41, 5.74) is 2.36. The van der Waals surface area contributed by atoms with E-state index in [4.69, 9.17) is 4.74 Å². The number of likely N-dealkylation sites (N-methyl/N-ethyl adjacent to an activating group) is 1. The number of nitrogens with zero attached hydrogens (tertiary/aromatic N) is 2. The molecule has 0 aliphatic carbocycles. The average molecular weight is 494 g/mol. The Morgan fingerprint density at radius 2 is 1.96 bits per heavy atom. The van der Waals surface area contributed by atoms with Crippen molar-refractivity contribution in [3.8, 4) is 5.75 Å². The Bertz CT molecular complexity index is 582. The number of ether oxygens (including phenoxy) is 1. The molecular formula is C18H31IN4O2S. The molecule has 6 nitrogen and oxygen atoms in total. The molecule has 0 saturated carbocycles. The van der Waals surface area contributed by atoms with Crippen LogP contribution in [0.1, 0.15) is 11.1 Å². The highest BCUT2D eigenvalue weighted by Crippen LogP contribution is 2.19. The minimum Gasteiger partial charge on any atom is -0.496 e. The number of hydrogen-bond donors (Lipinski definition) is 2. The summed E-state index contributed by atoms with van der Waals surface area (Å²) in [6.07, 6.45) is 2.88. The van der Waals surface area contributed by atoms with Gasteiger partial charge >= 0.3 is 0 Å². The Morgan fingerprint density at radius 1 is 1.27 bits per heavy atom. The zero-order valence-electron chi connectivity index (χ0n) is 16.3. The van der Waals surface area contributed by atoms with Crippen LogP contribution in [0.5, 0.6) is 5.75 Å². The first kappa shape index (κ1) is 24.8. The van der Waals surface area contributed by atoms with Crippen molar-refractivity contribution in [1.29, 1.82) is 0 Å². The lowest BCUT2D eigenvalue weighted by Gasteiger charge is -2.14. The van der Waals surface area contributed by atoms with Crippen LogP contribution in [-0.2, 0) is 11.2 Å². The third-order valence-corrected chi connectivity index (χ3v) is 4.20. The number of aliphatic imine (C=N–C) groups is 1. The highest BCUT2D eigenvalue weighted by molar-refractivity contribution is 14.0. The molecule has 0 saturated heterocycles. The number of thioether (sulfide) groups is 1. The van der Waals surface area contributed by atoms with Gasteiger partial charge in [0.05, 0.1) is 7.11 Å². The highest BCUT2D eigenvalue weighted by atomic mass is 127. The van der Waals surface area contributed by atoms with E-state index in [2.05, 4.69) is 34.9 Å². The molecule has 1 rings (SSSR count). The number of aryl methyl sites for hydroxylation is 1. The van der Waals surface area contributed by atoms with Crippen molar-refractivity contribution in [2.75, 3.05) is 52.8 Å². The van der Waals surface area contributed by atoms with Crippen molar-refractivity contribution in [2.24, 2.45) is 4.99 Å². The summed E-state index contributed by atoms with van der Waals surface area (Å²) in [6.45, 7) is 3.72. The van der Waals surface area contributed by atoms with E-state index < -0.39 is 0 Å². The second kappa shape index (κ2) is 14.0. The van der Waals surface area contributed by atoms with Gasteiger partial charge in [-0.3, -0.25) is 4.79 Å². The Labute approximate surface area is 178 Å². The van der Waals surface area contributed by atoms with Gasteiger partial charge in [0.25, 0.3) is 0 Å². The molecule has 0 aromatic heterocycles. The van der Waals surface area contributed by atoms with Gasteiger partial charge in [0.2, 0.25) is 5.91 Å². The molecule has 1 aromatic carbocycles. The number of rotatable bonds is 9. The summed E-state index contributed by atoms with van der Waals surface area (Å²) in [5.74, 6) is 2.51. The predicted molar refractivity (Wildman–Crippen MR) is 122 cm³/mol. The highest BCUT2D eigenvalue weighted by Gasteiger charge is 2.06. The number of halogens is 1. The zero-order valence-corrected chi connectivity index (χ0v) is 19.4. The fourth-order valence-electron chi connectivity index (χ4n) is 2.15. The first-order valence-corrected chi connectivity index (χ1v) is 9.72. The van der Waals surface area contributed by atoms with Crippen molar-refractivity contribution in [3.05, 3.63) is 29.3 Å². The largest absolute Gasteiger partial charge is 0.496 e. The summed E-state index contributed by atoms with van der Waals surface area (Å²) in [5, 5.41) is 6.55. The molecule has 1 amide bonds. The van der Waals surface area contributed by atoms with Crippen LogP contribution in [0.3, 0.4) is 0 Å². The van der Waals surface area contributed by atoms with E-state index in [-0.39, 0.29) is 36.4 Å². The molecule has 1 aromatic rings. The molecule has 8 heteroatoms. The van der Waals surface area contributed by atoms with E-state index >= 15 is 0 Å². The van der Waals surface area contributed by atoms with Crippen molar-refractivity contribution < 1.29 is 9.53 Å². The number of hydrogen-bond acceptors (Lipinski definition) is 4. The van der Waals surface area contributed by atoms with Crippen LogP contribution >= 0.6 is 35.7 Å². The average Bonchev–Trinajstić information content (AvgIpc) is 2.59. The van der Waals surface area contributed by atoms with Gasteiger partial charge in [-0.25, -0.2) is 4.99 Å². The van der Waals surface area contributed by atoms with Crippen molar-refractivity contribution >= 4 is 47.6 Å². The topological polar surface area (TPSA) is 66.0 Å². The third kappa shape index (κ3) is 9.51. The molecule has 0 bridgehead atoms. The molecule has 0 spiro atoms. The normalized spacial score (nSPS) is 10.7. The molecule has 0 atom stereocenters. The Balaban J connectivity index is 0.00000625. The number of amides is 1. The lowest BCUT2D eigenvalue weighted by Crippen LogP contribution is -2.40. The Morgan fingerprint density at radius 3 is 2.58 bits per heavy atom. The number of carbonyl (C=O) groups is 1. The van der Waals surface area contributed by atoms with Gasteiger partial charge < -0.3 is 20.3 Å². The van der Waals surface area contributed by atoms with Crippen LogP contribution in [0, 0.1) is 6.92 Å². The summed E-state index contributed by atoms with van der Waals surface area (Å²) < 4.78 is 5.42. The number of carbonyl (C=O) groups excluding carboxylic acids is 1. The minimum atomic E-state index is -0.0219. The maximum atomic E-state index is 11.7. The third-order valence-electron chi connectivity index (χ3n) is 3.59. The van der Waals surface area contributed by atoms with E-state index in [1.807, 2.05) is 12.1 Å². The van der Waals surface area contributed by atoms with E-state index in [0.717, 1.165) is 30.0 Å². The van der Waals surface area contributed by atoms with Crippen LogP contribution in [0.2, 0.25) is 0 Å². The molecule has 0 heterocycles. The lowest BCUT2D eigenvalue weighted by molar-refractivity contribution is -0.127. The molecule has 0 aliphatic rings. The molecule has 0 unspecified atom stereocenters. The molecule has 2 N–H and O–H groups in total.